The summed E-state index contributed by atoms with van der Waals surface area (Å²) in [4.78, 5) is 41.7. The Bertz CT molecular complexity index is 852. The molecule has 1 saturated heterocycles. The van der Waals surface area contributed by atoms with E-state index >= 15 is 0 Å². The van der Waals surface area contributed by atoms with Gasteiger partial charge in [-0.25, -0.2) is 4.98 Å². The minimum Gasteiger partial charge on any atom is -0.302 e. The highest BCUT2D eigenvalue weighted by Gasteiger charge is 2.27. The first kappa shape index (κ1) is 20.5. The van der Waals surface area contributed by atoms with Crippen LogP contribution in [-0.4, -0.2) is 34.2 Å². The number of carbonyl (C=O) groups is 3. The summed E-state index contributed by atoms with van der Waals surface area (Å²) in [5.74, 6) is -0.245. The number of rotatable bonds is 9. The van der Waals surface area contributed by atoms with Crippen molar-refractivity contribution < 1.29 is 14.4 Å². The normalized spacial score (nSPS) is 14.0. The van der Waals surface area contributed by atoms with Crippen LogP contribution in [-0.2, 0) is 20.8 Å². The van der Waals surface area contributed by atoms with E-state index in [0.717, 1.165) is 28.3 Å². The predicted molar refractivity (Wildman–Crippen MR) is 109 cm³/mol. The maximum Gasteiger partial charge on any atom is 0.229 e. The average molecular weight is 420 g/mol. The third-order valence-electron chi connectivity index (χ3n) is 4.56. The van der Waals surface area contributed by atoms with Gasteiger partial charge in [-0.15, -0.1) is 11.3 Å². The van der Waals surface area contributed by atoms with Crippen molar-refractivity contribution in [2.75, 3.05) is 11.9 Å². The van der Waals surface area contributed by atoms with Gasteiger partial charge in [0.25, 0.3) is 0 Å². The molecule has 1 aromatic carbocycles. The van der Waals surface area contributed by atoms with Gasteiger partial charge in [-0.1, -0.05) is 36.2 Å². The molecule has 28 heavy (non-hydrogen) atoms. The van der Waals surface area contributed by atoms with Gasteiger partial charge in [-0.2, -0.15) is 0 Å². The van der Waals surface area contributed by atoms with Gasteiger partial charge in [0.05, 0.1) is 0 Å². The Hall–Kier alpha value is -2.25. The van der Waals surface area contributed by atoms with Crippen LogP contribution in [0.15, 0.2) is 30.5 Å². The number of likely N-dealkylation sites (tertiary alicyclic amines) is 1. The minimum atomic E-state index is -0.0842. The number of thiazole rings is 1. The van der Waals surface area contributed by atoms with E-state index < -0.39 is 0 Å². The number of hydrogen-bond acceptors (Lipinski definition) is 5. The van der Waals surface area contributed by atoms with E-state index in [1.807, 2.05) is 24.3 Å². The second-order valence-electron chi connectivity index (χ2n) is 6.70. The molecule has 0 spiro atoms. The summed E-state index contributed by atoms with van der Waals surface area (Å²) >= 11 is 7.62. The van der Waals surface area contributed by atoms with Crippen molar-refractivity contribution in [1.82, 2.24) is 9.88 Å². The number of anilines is 1. The molecule has 3 rings (SSSR count). The summed E-state index contributed by atoms with van der Waals surface area (Å²) in [6, 6.07) is 7.67. The zero-order valence-electron chi connectivity index (χ0n) is 15.4. The van der Waals surface area contributed by atoms with Crippen molar-refractivity contribution in [2.24, 2.45) is 0 Å². The predicted octanol–water partition coefficient (Wildman–Crippen LogP) is 4.04. The molecule has 2 aromatic rings. The summed E-state index contributed by atoms with van der Waals surface area (Å²) < 4.78 is 0. The lowest BCUT2D eigenvalue weighted by atomic mass is 10.1. The van der Waals surface area contributed by atoms with Crippen molar-refractivity contribution in [1.29, 1.82) is 0 Å². The van der Waals surface area contributed by atoms with Crippen LogP contribution in [0.5, 0.6) is 0 Å². The number of halogens is 1. The molecule has 6 nitrogen and oxygen atoms in total. The minimum absolute atomic E-state index is 0.0769. The SMILES string of the molecule is O=C(CCCCCN1C(=O)CCC1=O)Nc1ncc(Cc2ccccc2Cl)s1. The maximum absolute atomic E-state index is 12.1. The quantitative estimate of drug-likeness (QED) is 0.491. The Balaban J connectivity index is 1.36. The van der Waals surface area contributed by atoms with Crippen molar-refractivity contribution in [3.63, 3.8) is 0 Å². The average Bonchev–Trinajstić information content (AvgIpc) is 3.23. The van der Waals surface area contributed by atoms with Gasteiger partial charge < -0.3 is 5.32 Å². The fraction of sp³-hybridized carbons (Fsp3) is 0.400. The van der Waals surface area contributed by atoms with Crippen LogP contribution < -0.4 is 5.32 Å². The molecule has 1 fully saturated rings. The summed E-state index contributed by atoms with van der Waals surface area (Å²) in [7, 11) is 0. The second kappa shape index (κ2) is 9.80. The van der Waals surface area contributed by atoms with Gasteiger partial charge >= 0.3 is 0 Å². The van der Waals surface area contributed by atoms with Crippen molar-refractivity contribution in [3.05, 3.63) is 45.9 Å². The standard InChI is InChI=1S/C20H22ClN3O3S/c21-16-7-4-3-6-14(16)12-15-13-22-20(28-15)23-17(25)8-2-1-5-11-24-18(26)9-10-19(24)27/h3-4,6-7,13H,1-2,5,8-12H2,(H,22,23,25). The van der Waals surface area contributed by atoms with Crippen molar-refractivity contribution in [2.45, 2.75) is 44.9 Å². The van der Waals surface area contributed by atoms with Gasteiger partial charge in [0.1, 0.15) is 0 Å². The van der Waals surface area contributed by atoms with Crippen LogP contribution >= 0.6 is 22.9 Å². The molecule has 1 aromatic heterocycles. The topological polar surface area (TPSA) is 79.4 Å². The number of aromatic nitrogens is 1. The molecular formula is C20H22ClN3O3S. The lowest BCUT2D eigenvalue weighted by molar-refractivity contribution is -0.138. The first-order chi connectivity index (χ1) is 13.5. The summed E-state index contributed by atoms with van der Waals surface area (Å²) in [5.41, 5.74) is 1.03. The van der Waals surface area contributed by atoms with Crippen LogP contribution in [0.1, 0.15) is 49.0 Å². The number of nitrogens with one attached hydrogen (secondary N) is 1. The van der Waals surface area contributed by atoms with Crippen LogP contribution in [0, 0.1) is 0 Å². The van der Waals surface area contributed by atoms with E-state index in [1.54, 1.807) is 6.20 Å². The number of benzene rings is 1. The molecule has 0 saturated carbocycles. The van der Waals surface area contributed by atoms with E-state index in [-0.39, 0.29) is 17.7 Å². The fourth-order valence-electron chi connectivity index (χ4n) is 3.06. The smallest absolute Gasteiger partial charge is 0.229 e. The van der Waals surface area contributed by atoms with Crippen LogP contribution in [0.4, 0.5) is 5.13 Å². The Morgan fingerprint density at radius 1 is 1.14 bits per heavy atom. The molecule has 0 bridgehead atoms. The van der Waals surface area contributed by atoms with Gasteiger partial charge in [-0.3, -0.25) is 19.3 Å². The number of nitrogens with zero attached hydrogens (tertiary/aromatic N) is 2. The summed E-state index contributed by atoms with van der Waals surface area (Å²) in [5, 5.41) is 4.13. The number of amides is 3. The third kappa shape index (κ3) is 5.62. The van der Waals surface area contributed by atoms with E-state index in [1.165, 1.54) is 16.2 Å². The fourth-order valence-corrected chi connectivity index (χ4v) is 4.12. The molecule has 148 valence electrons. The van der Waals surface area contributed by atoms with Gasteiger partial charge in [0.15, 0.2) is 5.13 Å². The zero-order valence-corrected chi connectivity index (χ0v) is 17.0. The molecule has 0 atom stereocenters. The van der Waals surface area contributed by atoms with Crippen LogP contribution in [0.25, 0.3) is 0 Å². The highest BCUT2D eigenvalue weighted by molar-refractivity contribution is 7.15. The van der Waals surface area contributed by atoms with E-state index in [9.17, 15) is 14.4 Å². The van der Waals surface area contributed by atoms with E-state index in [0.29, 0.717) is 43.8 Å². The zero-order chi connectivity index (χ0) is 19.9. The Labute approximate surface area is 172 Å². The summed E-state index contributed by atoms with van der Waals surface area (Å²) in [6.45, 7) is 0.456. The second-order valence-corrected chi connectivity index (χ2v) is 8.22. The highest BCUT2D eigenvalue weighted by Crippen LogP contribution is 2.24. The number of carbonyl (C=O) groups excluding carboxylic acids is 3. The third-order valence-corrected chi connectivity index (χ3v) is 5.84. The monoisotopic (exact) mass is 419 g/mol. The molecule has 0 radical (unpaired) electrons. The maximum atomic E-state index is 12.1. The number of hydrogen-bond donors (Lipinski definition) is 1. The molecule has 2 heterocycles. The summed E-state index contributed by atoms with van der Waals surface area (Å²) in [6.07, 6.45) is 5.71. The highest BCUT2D eigenvalue weighted by atomic mass is 35.5. The van der Waals surface area contributed by atoms with Crippen LogP contribution in [0.2, 0.25) is 5.02 Å². The van der Waals surface area contributed by atoms with Gasteiger partial charge in [0.2, 0.25) is 17.7 Å². The lowest BCUT2D eigenvalue weighted by Crippen LogP contribution is -2.29. The Morgan fingerprint density at radius 3 is 2.64 bits per heavy atom. The molecule has 0 aliphatic carbocycles. The first-order valence-corrected chi connectivity index (χ1v) is 10.5. The van der Waals surface area contributed by atoms with Gasteiger partial charge in [0, 0.05) is 48.3 Å². The van der Waals surface area contributed by atoms with E-state index in [2.05, 4.69) is 10.3 Å². The molecule has 3 amide bonds. The van der Waals surface area contributed by atoms with E-state index in [4.69, 9.17) is 11.6 Å². The largest absolute Gasteiger partial charge is 0.302 e. The molecular weight excluding hydrogens is 398 g/mol. The van der Waals surface area contributed by atoms with Crippen molar-refractivity contribution in [3.8, 4) is 0 Å². The first-order valence-electron chi connectivity index (χ1n) is 9.34. The number of imide groups is 1. The van der Waals surface area contributed by atoms with Crippen molar-refractivity contribution >= 4 is 45.8 Å². The van der Waals surface area contributed by atoms with Crippen LogP contribution in [0.3, 0.4) is 0 Å². The molecule has 0 unspecified atom stereocenters. The molecule has 1 aliphatic heterocycles. The lowest BCUT2D eigenvalue weighted by Gasteiger charge is -2.12. The van der Waals surface area contributed by atoms with Gasteiger partial charge in [-0.05, 0) is 24.5 Å². The Kier molecular flexibility index (Phi) is 7.17. The molecule has 8 heteroatoms. The molecule has 1 aliphatic rings. The Morgan fingerprint density at radius 2 is 1.89 bits per heavy atom. The molecule has 1 N–H and O–H groups in total. The number of unbranched alkanes of at least 4 members (excludes halogenated alkanes) is 2.